The molecule has 0 spiro atoms. The molecule has 3 rings (SSSR count). The van der Waals surface area contributed by atoms with Gasteiger partial charge in [0.1, 0.15) is 16.9 Å². The van der Waals surface area contributed by atoms with E-state index in [1.54, 1.807) is 11.1 Å². The molecule has 2 aromatic rings. The van der Waals surface area contributed by atoms with Crippen LogP contribution in [0.15, 0.2) is 40.9 Å². The van der Waals surface area contributed by atoms with E-state index in [2.05, 4.69) is 5.48 Å². The van der Waals surface area contributed by atoms with Gasteiger partial charge in [-0.1, -0.05) is 18.2 Å². The van der Waals surface area contributed by atoms with Gasteiger partial charge in [-0.05, 0) is 51.8 Å². The first-order valence-electron chi connectivity index (χ1n) is 10.0. The molecule has 158 valence electrons. The second-order valence-corrected chi connectivity index (χ2v) is 8.02. The number of furan rings is 1. The van der Waals surface area contributed by atoms with Crippen molar-refractivity contribution in [2.24, 2.45) is 0 Å². The van der Waals surface area contributed by atoms with Gasteiger partial charge >= 0.3 is 6.09 Å². The van der Waals surface area contributed by atoms with E-state index in [9.17, 15) is 4.79 Å². The van der Waals surface area contributed by atoms with Gasteiger partial charge in [0, 0.05) is 24.7 Å². The molecule has 0 saturated carbocycles. The predicted molar refractivity (Wildman–Crippen MR) is 111 cm³/mol. The van der Waals surface area contributed by atoms with Crippen molar-refractivity contribution in [2.75, 3.05) is 26.3 Å². The topological polar surface area (TPSA) is 73.2 Å². The van der Waals surface area contributed by atoms with Gasteiger partial charge in [0.25, 0.3) is 0 Å². The SMILES string of the molecule is CC(C)(C)OC(=O)N1CCC(OCCONC=Cc2cc3ccccc3o2)CC1. The lowest BCUT2D eigenvalue weighted by atomic mass is 10.1. The normalized spacial score (nSPS) is 15.9. The zero-order valence-corrected chi connectivity index (χ0v) is 17.3. The van der Waals surface area contributed by atoms with Crippen LogP contribution >= 0.6 is 0 Å². The Morgan fingerprint density at radius 3 is 2.72 bits per heavy atom. The Kier molecular flexibility index (Phi) is 7.17. The van der Waals surface area contributed by atoms with Crippen LogP contribution in [0.5, 0.6) is 0 Å². The van der Waals surface area contributed by atoms with Crippen molar-refractivity contribution < 1.29 is 23.5 Å². The number of nitrogens with one attached hydrogen (secondary N) is 1. The summed E-state index contributed by atoms with van der Waals surface area (Å²) < 4.78 is 16.9. The van der Waals surface area contributed by atoms with Crippen LogP contribution in [-0.4, -0.2) is 49.0 Å². The summed E-state index contributed by atoms with van der Waals surface area (Å²) in [6.45, 7) is 7.85. The van der Waals surface area contributed by atoms with E-state index < -0.39 is 5.60 Å². The monoisotopic (exact) mass is 402 g/mol. The number of carbonyl (C=O) groups is 1. The number of hydroxylamine groups is 1. The zero-order chi connectivity index (χ0) is 20.7. The van der Waals surface area contributed by atoms with Crippen LogP contribution in [0.2, 0.25) is 0 Å². The Balaban J connectivity index is 1.26. The molecular formula is C22H30N2O5. The molecule has 7 nitrogen and oxygen atoms in total. The minimum Gasteiger partial charge on any atom is -0.457 e. The lowest BCUT2D eigenvalue weighted by Gasteiger charge is -2.33. The molecule has 0 unspecified atom stereocenters. The number of likely N-dealkylation sites (tertiary alicyclic amines) is 1. The Morgan fingerprint density at radius 2 is 2.00 bits per heavy atom. The third-order valence-corrected chi connectivity index (χ3v) is 4.48. The molecule has 2 heterocycles. The van der Waals surface area contributed by atoms with Crippen molar-refractivity contribution >= 4 is 23.1 Å². The van der Waals surface area contributed by atoms with Crippen LogP contribution in [0.25, 0.3) is 17.0 Å². The first kappa shape index (κ1) is 21.2. The molecule has 1 N–H and O–H groups in total. The molecule has 1 aliphatic heterocycles. The van der Waals surface area contributed by atoms with Crippen LogP contribution in [0, 0.1) is 0 Å². The highest BCUT2D eigenvalue weighted by Gasteiger charge is 2.27. The van der Waals surface area contributed by atoms with Crippen LogP contribution < -0.4 is 5.48 Å². The van der Waals surface area contributed by atoms with Gasteiger partial charge in [-0.2, -0.15) is 0 Å². The van der Waals surface area contributed by atoms with E-state index >= 15 is 0 Å². The van der Waals surface area contributed by atoms with Gasteiger partial charge in [-0.15, -0.1) is 0 Å². The third-order valence-electron chi connectivity index (χ3n) is 4.48. The highest BCUT2D eigenvalue weighted by molar-refractivity contribution is 5.79. The molecule has 1 saturated heterocycles. The summed E-state index contributed by atoms with van der Waals surface area (Å²) in [5, 5.41) is 1.07. The number of ether oxygens (including phenoxy) is 2. The highest BCUT2D eigenvalue weighted by atomic mass is 16.7. The molecule has 1 amide bonds. The number of para-hydroxylation sites is 1. The van der Waals surface area contributed by atoms with Crippen LogP contribution in [-0.2, 0) is 14.3 Å². The Hall–Kier alpha value is -2.51. The van der Waals surface area contributed by atoms with Gasteiger partial charge in [0.05, 0.1) is 19.3 Å². The first-order valence-corrected chi connectivity index (χ1v) is 10.0. The lowest BCUT2D eigenvalue weighted by molar-refractivity contribution is -0.0403. The van der Waals surface area contributed by atoms with E-state index in [1.807, 2.05) is 57.2 Å². The summed E-state index contributed by atoms with van der Waals surface area (Å²) in [5.41, 5.74) is 3.17. The molecule has 29 heavy (non-hydrogen) atoms. The van der Waals surface area contributed by atoms with Gasteiger partial charge in [0.2, 0.25) is 0 Å². The fourth-order valence-electron chi connectivity index (χ4n) is 3.10. The quantitative estimate of drug-likeness (QED) is 0.549. The van der Waals surface area contributed by atoms with Crippen molar-refractivity contribution in [2.45, 2.75) is 45.3 Å². The number of benzene rings is 1. The van der Waals surface area contributed by atoms with Crippen LogP contribution in [0.3, 0.4) is 0 Å². The Labute approximate surface area is 171 Å². The van der Waals surface area contributed by atoms with Crippen molar-refractivity contribution in [3.63, 3.8) is 0 Å². The zero-order valence-electron chi connectivity index (χ0n) is 17.3. The third kappa shape index (κ3) is 6.80. The number of fused-ring (bicyclic) bond motifs is 1. The maximum absolute atomic E-state index is 12.1. The van der Waals surface area contributed by atoms with Crippen molar-refractivity contribution in [1.29, 1.82) is 0 Å². The summed E-state index contributed by atoms with van der Waals surface area (Å²) in [5.74, 6) is 0.760. The number of amides is 1. The van der Waals surface area contributed by atoms with Gasteiger partial charge in [-0.3, -0.25) is 10.3 Å². The Morgan fingerprint density at radius 1 is 1.24 bits per heavy atom. The Bertz CT molecular complexity index is 783. The molecule has 0 atom stereocenters. The van der Waals surface area contributed by atoms with Crippen molar-refractivity contribution in [3.8, 4) is 0 Å². The number of hydrogen-bond donors (Lipinski definition) is 1. The van der Waals surface area contributed by atoms with E-state index in [0.717, 1.165) is 29.6 Å². The largest absolute Gasteiger partial charge is 0.457 e. The lowest BCUT2D eigenvalue weighted by Crippen LogP contribution is -2.43. The second-order valence-electron chi connectivity index (χ2n) is 8.02. The average molecular weight is 402 g/mol. The summed E-state index contributed by atoms with van der Waals surface area (Å²) in [7, 11) is 0. The molecule has 0 radical (unpaired) electrons. The minimum absolute atomic E-state index is 0.142. The van der Waals surface area contributed by atoms with Gasteiger partial charge in [0.15, 0.2) is 0 Å². The predicted octanol–water partition coefficient (Wildman–Crippen LogP) is 4.34. The van der Waals surface area contributed by atoms with Gasteiger partial charge < -0.3 is 18.8 Å². The highest BCUT2D eigenvalue weighted by Crippen LogP contribution is 2.19. The first-order chi connectivity index (χ1) is 13.9. The number of nitrogens with zero attached hydrogens (tertiary/aromatic N) is 1. The minimum atomic E-state index is -0.465. The molecule has 1 aliphatic rings. The van der Waals surface area contributed by atoms with Crippen molar-refractivity contribution in [1.82, 2.24) is 10.4 Å². The number of carbonyl (C=O) groups excluding carboxylic acids is 1. The number of rotatable bonds is 7. The summed E-state index contributed by atoms with van der Waals surface area (Å²) in [4.78, 5) is 19.1. The number of hydrogen-bond acceptors (Lipinski definition) is 6. The smallest absolute Gasteiger partial charge is 0.410 e. The maximum atomic E-state index is 12.1. The summed E-state index contributed by atoms with van der Waals surface area (Å²) >= 11 is 0. The molecule has 0 bridgehead atoms. The molecule has 1 aromatic carbocycles. The van der Waals surface area contributed by atoms with Crippen LogP contribution in [0.1, 0.15) is 39.4 Å². The fraction of sp³-hybridized carbons (Fsp3) is 0.500. The van der Waals surface area contributed by atoms with Crippen molar-refractivity contribution in [3.05, 3.63) is 42.3 Å². The average Bonchev–Trinajstić information content (AvgIpc) is 3.09. The maximum Gasteiger partial charge on any atom is 0.410 e. The van der Waals surface area contributed by atoms with Gasteiger partial charge in [-0.25, -0.2) is 4.79 Å². The van der Waals surface area contributed by atoms with E-state index in [0.29, 0.717) is 26.3 Å². The molecule has 1 aromatic heterocycles. The molecule has 0 aliphatic carbocycles. The van der Waals surface area contributed by atoms with E-state index in [4.69, 9.17) is 18.7 Å². The second kappa shape index (κ2) is 9.80. The molecule has 7 heteroatoms. The van der Waals surface area contributed by atoms with Crippen LogP contribution in [0.4, 0.5) is 4.79 Å². The summed E-state index contributed by atoms with van der Waals surface area (Å²) in [6, 6.07) is 9.85. The standard InChI is InChI=1S/C22H30N2O5/c1-22(2,3)29-21(25)24-12-9-18(10-13-24)26-14-15-27-23-11-8-19-16-17-6-4-5-7-20(17)28-19/h4-8,11,16,18,23H,9-10,12-15H2,1-3H3. The van der Waals surface area contributed by atoms with E-state index in [1.165, 1.54) is 0 Å². The molecule has 1 fully saturated rings. The molecular weight excluding hydrogens is 372 g/mol. The van der Waals surface area contributed by atoms with E-state index in [-0.39, 0.29) is 12.2 Å². The fourth-order valence-corrected chi connectivity index (χ4v) is 3.10. The number of piperidine rings is 1. The summed E-state index contributed by atoms with van der Waals surface area (Å²) in [6.07, 6.45) is 5.00.